The molecule has 2 rings (SSSR count). The average Bonchev–Trinajstić information content (AvgIpc) is 2.84. The van der Waals surface area contributed by atoms with E-state index < -0.39 is 0 Å². The van der Waals surface area contributed by atoms with Crippen molar-refractivity contribution in [3.8, 4) is 0 Å². The van der Waals surface area contributed by atoms with Gasteiger partial charge in [-0.1, -0.05) is 0 Å². The van der Waals surface area contributed by atoms with Crippen LogP contribution in [-0.4, -0.2) is 23.7 Å². The van der Waals surface area contributed by atoms with Crippen LogP contribution in [-0.2, 0) is 11.2 Å². The minimum atomic E-state index is 0.274. The van der Waals surface area contributed by atoms with Crippen molar-refractivity contribution < 1.29 is 4.74 Å². The largest absolute Gasteiger partial charge is 0.378 e. The molecule has 3 unspecified atom stereocenters. The zero-order chi connectivity index (χ0) is 11.5. The first-order chi connectivity index (χ1) is 7.69. The van der Waals surface area contributed by atoms with Gasteiger partial charge in [0.25, 0.3) is 0 Å². The molecule has 0 saturated carbocycles. The van der Waals surface area contributed by atoms with Gasteiger partial charge in [-0.3, -0.25) is 11.3 Å². The van der Waals surface area contributed by atoms with E-state index in [9.17, 15) is 0 Å². The number of hydrogen-bond acceptors (Lipinski definition) is 5. The molecule has 1 aromatic rings. The third kappa shape index (κ3) is 2.79. The number of hydrogen-bond donors (Lipinski definition) is 2. The van der Waals surface area contributed by atoms with Gasteiger partial charge >= 0.3 is 0 Å². The summed E-state index contributed by atoms with van der Waals surface area (Å²) in [6.07, 6.45) is 2.34. The molecule has 4 nitrogen and oxygen atoms in total. The molecule has 0 bridgehead atoms. The summed E-state index contributed by atoms with van der Waals surface area (Å²) in [6, 6.07) is 0.274. The number of nitrogens with one attached hydrogen (secondary N) is 1. The minimum absolute atomic E-state index is 0.274. The zero-order valence-corrected chi connectivity index (χ0v) is 10.6. The lowest BCUT2D eigenvalue weighted by atomic mass is 9.95. The van der Waals surface area contributed by atoms with Crippen LogP contribution < -0.4 is 11.3 Å². The van der Waals surface area contributed by atoms with E-state index in [0.717, 1.165) is 30.2 Å². The number of thiazole rings is 1. The van der Waals surface area contributed by atoms with Gasteiger partial charge < -0.3 is 4.74 Å². The number of ether oxygens (including phenoxy) is 1. The van der Waals surface area contributed by atoms with E-state index in [2.05, 4.69) is 22.7 Å². The lowest BCUT2D eigenvalue weighted by molar-refractivity contribution is 0.117. The summed E-state index contributed by atoms with van der Waals surface area (Å²) in [5.74, 6) is 6.13. The van der Waals surface area contributed by atoms with Crippen LogP contribution in [0, 0.1) is 12.8 Å². The number of aromatic nitrogens is 1. The van der Waals surface area contributed by atoms with Crippen molar-refractivity contribution in [2.45, 2.75) is 38.8 Å². The van der Waals surface area contributed by atoms with E-state index in [0.29, 0.717) is 12.0 Å². The molecule has 5 heteroatoms. The molecule has 3 N–H and O–H groups in total. The van der Waals surface area contributed by atoms with Crippen molar-refractivity contribution in [1.82, 2.24) is 10.4 Å². The molecule has 2 heterocycles. The highest BCUT2D eigenvalue weighted by Crippen LogP contribution is 2.24. The monoisotopic (exact) mass is 241 g/mol. The second-order valence-corrected chi connectivity index (χ2v) is 5.44. The van der Waals surface area contributed by atoms with Crippen molar-refractivity contribution in [1.29, 1.82) is 0 Å². The van der Waals surface area contributed by atoms with Crippen LogP contribution in [0.5, 0.6) is 0 Å². The van der Waals surface area contributed by atoms with Crippen molar-refractivity contribution in [2.75, 3.05) is 6.61 Å². The fourth-order valence-electron chi connectivity index (χ4n) is 2.18. The number of nitrogens with two attached hydrogens (primary N) is 1. The van der Waals surface area contributed by atoms with Gasteiger partial charge in [0.05, 0.1) is 17.7 Å². The number of rotatable bonds is 4. The van der Waals surface area contributed by atoms with Gasteiger partial charge in [0.2, 0.25) is 0 Å². The third-order valence-corrected chi connectivity index (χ3v) is 4.06. The number of hydrazine groups is 1. The van der Waals surface area contributed by atoms with Gasteiger partial charge in [-0.05, 0) is 20.3 Å². The predicted molar refractivity (Wildman–Crippen MR) is 65.2 cm³/mol. The quantitative estimate of drug-likeness (QED) is 0.615. The second-order valence-electron chi connectivity index (χ2n) is 4.50. The summed E-state index contributed by atoms with van der Waals surface area (Å²) < 4.78 is 5.58. The maximum atomic E-state index is 5.62. The first-order valence-electron chi connectivity index (χ1n) is 5.67. The van der Waals surface area contributed by atoms with E-state index in [1.54, 1.807) is 11.3 Å². The molecule has 3 atom stereocenters. The average molecular weight is 241 g/mol. The summed E-state index contributed by atoms with van der Waals surface area (Å²) in [5, 5.41) is 3.23. The van der Waals surface area contributed by atoms with E-state index in [1.807, 2.05) is 6.92 Å². The molecule has 1 aliphatic rings. The van der Waals surface area contributed by atoms with E-state index >= 15 is 0 Å². The fraction of sp³-hybridized carbons (Fsp3) is 0.727. The number of nitrogens with zero attached hydrogens (tertiary/aromatic N) is 1. The van der Waals surface area contributed by atoms with Crippen LogP contribution >= 0.6 is 11.3 Å². The molecule has 1 aliphatic heterocycles. The Hall–Kier alpha value is -0.490. The predicted octanol–water partition coefficient (Wildman–Crippen LogP) is 1.25. The SMILES string of the molecule is Cc1csc(CC(NN)C2COC(C)C2)n1. The van der Waals surface area contributed by atoms with Gasteiger partial charge in [0.1, 0.15) is 0 Å². The summed E-state index contributed by atoms with van der Waals surface area (Å²) in [5.41, 5.74) is 4.00. The van der Waals surface area contributed by atoms with Crippen LogP contribution in [0.4, 0.5) is 0 Å². The van der Waals surface area contributed by atoms with Gasteiger partial charge in [-0.2, -0.15) is 0 Å². The minimum Gasteiger partial charge on any atom is -0.378 e. The van der Waals surface area contributed by atoms with Gasteiger partial charge in [0, 0.05) is 29.5 Å². The molecule has 1 fully saturated rings. The maximum Gasteiger partial charge on any atom is 0.0944 e. The molecule has 0 aliphatic carbocycles. The zero-order valence-electron chi connectivity index (χ0n) is 9.77. The van der Waals surface area contributed by atoms with Gasteiger partial charge in [-0.25, -0.2) is 4.98 Å². The standard InChI is InChI=1S/C11H19N3OS/c1-7-6-16-11(13-7)4-10(14-12)9-3-8(2)15-5-9/h6,8-10,14H,3-5,12H2,1-2H3. The molecule has 0 aromatic carbocycles. The molecular weight excluding hydrogens is 222 g/mol. The van der Waals surface area contributed by atoms with Crippen LogP contribution in [0.25, 0.3) is 0 Å². The second kappa shape index (κ2) is 5.23. The Labute approximate surface area is 100 Å². The highest BCUT2D eigenvalue weighted by Gasteiger charge is 2.29. The van der Waals surface area contributed by atoms with Gasteiger partial charge in [0.15, 0.2) is 0 Å². The molecule has 0 amide bonds. The van der Waals surface area contributed by atoms with Crippen LogP contribution in [0.2, 0.25) is 0 Å². The Bertz CT molecular complexity index is 342. The lowest BCUT2D eigenvalue weighted by Crippen LogP contribution is -2.42. The Balaban J connectivity index is 1.95. The summed E-state index contributed by atoms with van der Waals surface area (Å²) >= 11 is 1.71. The van der Waals surface area contributed by atoms with E-state index in [4.69, 9.17) is 10.6 Å². The molecule has 1 saturated heterocycles. The lowest BCUT2D eigenvalue weighted by Gasteiger charge is -2.20. The summed E-state index contributed by atoms with van der Waals surface area (Å²) in [7, 11) is 0. The molecule has 1 aromatic heterocycles. The first-order valence-corrected chi connectivity index (χ1v) is 6.55. The van der Waals surface area contributed by atoms with Crippen molar-refractivity contribution >= 4 is 11.3 Å². The Morgan fingerprint density at radius 1 is 1.75 bits per heavy atom. The Morgan fingerprint density at radius 2 is 2.56 bits per heavy atom. The fourth-order valence-corrected chi connectivity index (χ4v) is 3.01. The molecule has 0 radical (unpaired) electrons. The number of aryl methyl sites for hydroxylation is 1. The summed E-state index contributed by atoms with van der Waals surface area (Å²) in [4.78, 5) is 4.47. The normalized spacial score (nSPS) is 27.2. The van der Waals surface area contributed by atoms with Crippen molar-refractivity contribution in [3.05, 3.63) is 16.1 Å². The highest BCUT2D eigenvalue weighted by molar-refractivity contribution is 7.09. The first kappa shape index (κ1) is 12.0. The van der Waals surface area contributed by atoms with Crippen LogP contribution in [0.1, 0.15) is 24.0 Å². The Kier molecular flexibility index (Phi) is 3.91. The molecule has 90 valence electrons. The van der Waals surface area contributed by atoms with Crippen LogP contribution in [0.3, 0.4) is 0 Å². The van der Waals surface area contributed by atoms with Crippen molar-refractivity contribution in [3.63, 3.8) is 0 Å². The summed E-state index contributed by atoms with van der Waals surface area (Å²) in [6.45, 7) is 4.94. The molecule has 0 spiro atoms. The topological polar surface area (TPSA) is 60.2 Å². The molecular formula is C11H19N3OS. The van der Waals surface area contributed by atoms with Crippen molar-refractivity contribution in [2.24, 2.45) is 11.8 Å². The smallest absolute Gasteiger partial charge is 0.0944 e. The van der Waals surface area contributed by atoms with E-state index in [-0.39, 0.29) is 6.04 Å². The highest BCUT2D eigenvalue weighted by atomic mass is 32.1. The van der Waals surface area contributed by atoms with E-state index in [1.165, 1.54) is 0 Å². The Morgan fingerprint density at radius 3 is 3.06 bits per heavy atom. The van der Waals surface area contributed by atoms with Gasteiger partial charge in [-0.15, -0.1) is 11.3 Å². The molecule has 16 heavy (non-hydrogen) atoms. The third-order valence-electron chi connectivity index (χ3n) is 3.07. The van der Waals surface area contributed by atoms with Crippen LogP contribution in [0.15, 0.2) is 5.38 Å². The maximum absolute atomic E-state index is 5.62.